The third-order valence-electron chi connectivity index (χ3n) is 3.04. The number of carbonyl (C=O) groups is 1. The number of nitrogens with one attached hydrogen (secondary N) is 1. The lowest BCUT2D eigenvalue weighted by atomic mass is 10.2. The first-order valence-electron chi connectivity index (χ1n) is 6.45. The van der Waals surface area contributed by atoms with E-state index in [0.29, 0.717) is 5.75 Å². The number of carboxylic acid groups (broad SMARTS) is 1. The minimum Gasteiger partial charge on any atom is -0.497 e. The zero-order valence-electron chi connectivity index (χ0n) is 12.4. The van der Waals surface area contributed by atoms with E-state index in [9.17, 15) is 13.2 Å². The summed E-state index contributed by atoms with van der Waals surface area (Å²) in [5.41, 5.74) is 0.298. The van der Waals surface area contributed by atoms with Crippen LogP contribution in [0.3, 0.4) is 0 Å². The molecule has 0 aliphatic carbocycles. The Labute approximate surface area is 133 Å². The van der Waals surface area contributed by atoms with Gasteiger partial charge in [-0.2, -0.15) is 0 Å². The maximum absolute atomic E-state index is 12.5. The van der Waals surface area contributed by atoms with Gasteiger partial charge >= 0.3 is 5.97 Å². The van der Waals surface area contributed by atoms with Gasteiger partial charge in [0.25, 0.3) is 10.0 Å². The van der Waals surface area contributed by atoms with Crippen molar-refractivity contribution in [1.82, 2.24) is 0 Å². The van der Waals surface area contributed by atoms with Gasteiger partial charge in [-0.05, 0) is 36.4 Å². The molecule has 8 heteroatoms. The highest BCUT2D eigenvalue weighted by atomic mass is 32.2. The van der Waals surface area contributed by atoms with Crippen LogP contribution in [0.4, 0.5) is 5.69 Å². The van der Waals surface area contributed by atoms with Gasteiger partial charge in [0.2, 0.25) is 0 Å². The van der Waals surface area contributed by atoms with E-state index >= 15 is 0 Å². The number of methoxy groups -OCH3 is 2. The normalized spacial score (nSPS) is 10.9. The number of hydrogen-bond donors (Lipinski definition) is 2. The van der Waals surface area contributed by atoms with Crippen LogP contribution >= 0.6 is 0 Å². The van der Waals surface area contributed by atoms with Crippen molar-refractivity contribution < 1.29 is 27.8 Å². The first kappa shape index (κ1) is 16.6. The zero-order chi connectivity index (χ0) is 17.0. The Morgan fingerprint density at radius 1 is 1.04 bits per heavy atom. The quantitative estimate of drug-likeness (QED) is 0.838. The van der Waals surface area contributed by atoms with Gasteiger partial charge in [-0.1, -0.05) is 0 Å². The molecule has 0 aliphatic heterocycles. The molecular weight excluding hydrogens is 322 g/mol. The van der Waals surface area contributed by atoms with E-state index in [1.165, 1.54) is 50.6 Å². The minimum absolute atomic E-state index is 0.0620. The zero-order valence-corrected chi connectivity index (χ0v) is 13.3. The predicted molar refractivity (Wildman–Crippen MR) is 83.8 cm³/mol. The largest absolute Gasteiger partial charge is 0.497 e. The third kappa shape index (κ3) is 3.72. The second-order valence-electron chi connectivity index (χ2n) is 4.50. The van der Waals surface area contributed by atoms with Gasteiger partial charge in [-0.3, -0.25) is 4.72 Å². The second-order valence-corrected chi connectivity index (χ2v) is 6.16. The van der Waals surface area contributed by atoms with Crippen molar-refractivity contribution in [3.8, 4) is 11.5 Å². The fraction of sp³-hybridized carbons (Fsp3) is 0.133. The summed E-state index contributed by atoms with van der Waals surface area (Å²) in [6, 6.07) is 9.76. The number of ether oxygens (including phenoxy) is 2. The molecule has 0 saturated carbocycles. The molecule has 0 spiro atoms. The molecule has 122 valence electrons. The molecule has 23 heavy (non-hydrogen) atoms. The van der Waals surface area contributed by atoms with E-state index < -0.39 is 16.0 Å². The number of sulfonamides is 1. The molecule has 0 bridgehead atoms. The van der Waals surface area contributed by atoms with Crippen molar-refractivity contribution in [3.63, 3.8) is 0 Å². The lowest BCUT2D eigenvalue weighted by molar-refractivity contribution is 0.0697. The summed E-state index contributed by atoms with van der Waals surface area (Å²) >= 11 is 0. The summed E-state index contributed by atoms with van der Waals surface area (Å²) in [5, 5.41) is 8.84. The molecule has 0 heterocycles. The topological polar surface area (TPSA) is 102 Å². The Morgan fingerprint density at radius 2 is 1.70 bits per heavy atom. The maximum atomic E-state index is 12.5. The molecule has 0 atom stereocenters. The van der Waals surface area contributed by atoms with Gasteiger partial charge < -0.3 is 14.6 Å². The van der Waals surface area contributed by atoms with Crippen LogP contribution in [0.15, 0.2) is 47.4 Å². The standard InChI is InChI=1S/C15H15NO6S/c1-21-12-7-8-13(22-2)14(9-12)23(19,20)16-11-5-3-10(4-6-11)15(17)18/h3-9,16H,1-2H3,(H,17,18). The number of carboxylic acids is 1. The molecule has 0 unspecified atom stereocenters. The van der Waals surface area contributed by atoms with Crippen LogP contribution in [0, 0.1) is 0 Å². The average Bonchev–Trinajstić information content (AvgIpc) is 2.54. The van der Waals surface area contributed by atoms with E-state index in [0.717, 1.165) is 0 Å². The molecule has 0 aliphatic rings. The van der Waals surface area contributed by atoms with E-state index in [2.05, 4.69) is 4.72 Å². The third-order valence-corrected chi connectivity index (χ3v) is 4.45. The van der Waals surface area contributed by atoms with E-state index in [-0.39, 0.29) is 21.9 Å². The highest BCUT2D eigenvalue weighted by Gasteiger charge is 2.21. The minimum atomic E-state index is -3.92. The Balaban J connectivity index is 2.36. The first-order valence-corrected chi connectivity index (χ1v) is 7.94. The number of hydrogen-bond acceptors (Lipinski definition) is 5. The van der Waals surface area contributed by atoms with E-state index in [4.69, 9.17) is 14.6 Å². The number of anilines is 1. The van der Waals surface area contributed by atoms with Gasteiger partial charge in [0.15, 0.2) is 0 Å². The maximum Gasteiger partial charge on any atom is 0.335 e. The molecule has 2 aromatic rings. The van der Waals surface area contributed by atoms with Crippen LogP contribution in [0.25, 0.3) is 0 Å². The van der Waals surface area contributed by atoms with Crippen LogP contribution in [0.1, 0.15) is 10.4 Å². The second kappa shape index (κ2) is 6.57. The molecule has 2 rings (SSSR count). The van der Waals surface area contributed by atoms with Crippen molar-refractivity contribution >= 4 is 21.7 Å². The van der Waals surface area contributed by atoms with E-state index in [1.54, 1.807) is 6.07 Å². The van der Waals surface area contributed by atoms with Crippen LogP contribution in [-0.4, -0.2) is 33.7 Å². The Morgan fingerprint density at radius 3 is 2.22 bits per heavy atom. The number of aromatic carboxylic acids is 1. The molecule has 0 aromatic heterocycles. The fourth-order valence-electron chi connectivity index (χ4n) is 1.88. The molecule has 0 fully saturated rings. The van der Waals surface area contributed by atoms with Crippen molar-refractivity contribution in [2.75, 3.05) is 18.9 Å². The summed E-state index contributed by atoms with van der Waals surface area (Å²) in [6.45, 7) is 0. The van der Waals surface area contributed by atoms with Gasteiger partial charge in [0.05, 0.1) is 19.8 Å². The van der Waals surface area contributed by atoms with Crippen LogP contribution in [0.2, 0.25) is 0 Å². The number of benzene rings is 2. The van der Waals surface area contributed by atoms with Crippen molar-refractivity contribution in [2.45, 2.75) is 4.90 Å². The molecular formula is C15H15NO6S. The Kier molecular flexibility index (Phi) is 4.75. The number of rotatable bonds is 6. The van der Waals surface area contributed by atoms with Gasteiger partial charge in [0.1, 0.15) is 16.4 Å². The Bertz CT molecular complexity index is 814. The fourth-order valence-corrected chi connectivity index (χ4v) is 3.13. The monoisotopic (exact) mass is 337 g/mol. The molecule has 0 radical (unpaired) electrons. The highest BCUT2D eigenvalue weighted by molar-refractivity contribution is 7.92. The average molecular weight is 337 g/mol. The molecule has 7 nitrogen and oxygen atoms in total. The summed E-state index contributed by atoms with van der Waals surface area (Å²) in [5.74, 6) is -0.554. The van der Waals surface area contributed by atoms with Crippen LogP contribution < -0.4 is 14.2 Å². The summed E-state index contributed by atoms with van der Waals surface area (Å²) in [7, 11) is -1.13. The molecule has 2 N–H and O–H groups in total. The summed E-state index contributed by atoms with van der Waals surface area (Å²) in [4.78, 5) is 10.7. The van der Waals surface area contributed by atoms with Crippen LogP contribution in [-0.2, 0) is 10.0 Å². The van der Waals surface area contributed by atoms with Crippen molar-refractivity contribution in [1.29, 1.82) is 0 Å². The SMILES string of the molecule is COc1ccc(OC)c(S(=O)(=O)Nc2ccc(C(=O)O)cc2)c1. The van der Waals surface area contributed by atoms with E-state index in [1.807, 2.05) is 0 Å². The summed E-state index contributed by atoms with van der Waals surface area (Å²) < 4.78 is 37.5. The molecule has 0 amide bonds. The van der Waals surface area contributed by atoms with Crippen LogP contribution in [0.5, 0.6) is 11.5 Å². The first-order chi connectivity index (χ1) is 10.9. The van der Waals surface area contributed by atoms with Crippen molar-refractivity contribution in [3.05, 3.63) is 48.0 Å². The van der Waals surface area contributed by atoms with Gasteiger partial charge in [-0.25, -0.2) is 13.2 Å². The lowest BCUT2D eigenvalue weighted by Gasteiger charge is -2.13. The molecule has 2 aromatic carbocycles. The predicted octanol–water partition coefficient (Wildman–Crippen LogP) is 2.20. The Hall–Kier alpha value is -2.74. The summed E-state index contributed by atoms with van der Waals surface area (Å²) in [6.07, 6.45) is 0. The lowest BCUT2D eigenvalue weighted by Crippen LogP contribution is -2.14. The van der Waals surface area contributed by atoms with Gasteiger partial charge in [0, 0.05) is 11.8 Å². The van der Waals surface area contributed by atoms with Gasteiger partial charge in [-0.15, -0.1) is 0 Å². The highest BCUT2D eigenvalue weighted by Crippen LogP contribution is 2.29. The van der Waals surface area contributed by atoms with Crippen molar-refractivity contribution in [2.24, 2.45) is 0 Å². The smallest absolute Gasteiger partial charge is 0.335 e. The molecule has 0 saturated heterocycles.